The van der Waals surface area contributed by atoms with Crippen LogP contribution >= 0.6 is 0 Å². The Morgan fingerprint density at radius 1 is 0.667 bits per heavy atom. The zero-order chi connectivity index (χ0) is 7.71. The van der Waals surface area contributed by atoms with Gasteiger partial charge in [-0.2, -0.15) is 0 Å². The first-order chi connectivity index (χ1) is 3.71. The third kappa shape index (κ3) is 23.2. The third-order valence-electron chi connectivity index (χ3n) is 0.250. The predicted molar refractivity (Wildman–Crippen MR) is 29.9 cm³/mol. The van der Waals surface area contributed by atoms with Crippen LogP contribution in [-0.2, 0) is 4.12 Å². The van der Waals surface area contributed by atoms with Crippen molar-refractivity contribution in [1.82, 2.24) is 0 Å². The van der Waals surface area contributed by atoms with Gasteiger partial charge in [-0.15, -0.1) is 18.1 Å². The smallest absolute Gasteiger partial charge is 0.862 e. The van der Waals surface area contributed by atoms with Crippen molar-refractivity contribution in [3.8, 4) is 0 Å². The van der Waals surface area contributed by atoms with Crippen molar-refractivity contribution < 1.29 is 32.9 Å². The summed E-state index contributed by atoms with van der Waals surface area (Å²) in [6.07, 6.45) is 0. The Hall–Kier alpha value is 3.26. The summed E-state index contributed by atoms with van der Waals surface area (Å²) in [7, 11) is -11.8. The molecule has 0 saturated carbocycles. The predicted octanol–water partition coefficient (Wildman–Crippen LogP) is -9.11. The average molecular weight is 354 g/mol. The van der Waals surface area contributed by atoms with Gasteiger partial charge in [-0.25, -0.2) is 0 Å². The van der Waals surface area contributed by atoms with E-state index in [0.717, 1.165) is 0 Å². The van der Waals surface area contributed by atoms with Gasteiger partial charge >= 0.3 is 95.0 Å². The fourth-order valence-electron chi connectivity index (χ4n) is 0.153. The minimum Gasteiger partial charge on any atom is -0.862 e. The fraction of sp³-hybridized carbons (Fsp3) is 0. The molecule has 0 fully saturated rings. The first-order valence-corrected chi connectivity index (χ1v) is 4.90. The summed E-state index contributed by atoms with van der Waals surface area (Å²) < 4.78 is 2.57. The quantitative estimate of drug-likeness (QED) is 0.447. The Balaban J connectivity index is -0.000000107. The fourth-order valence-corrected chi connectivity index (χ4v) is 1.38. The van der Waals surface area contributed by atoms with Crippen molar-refractivity contribution in [2.45, 2.75) is 0 Å². The molecule has 0 bridgehead atoms. The number of rotatable bonds is 2. The molecule has 0 aromatic carbocycles. The molecule has 0 radical (unpaired) electrons. The molecule has 0 aliphatic heterocycles. The number of hydrogen-bond donors (Lipinski definition) is 0. The topological polar surface area (TPSA) is 148 Å². The minimum absolute atomic E-state index is 0. The van der Waals surface area contributed by atoms with Crippen molar-refractivity contribution in [2.24, 2.45) is 0 Å². The van der Waals surface area contributed by atoms with Crippen LogP contribution < -0.4 is 28.8 Å². The standard InChI is InChI=1S/Ba.2Mg.O7Si2/c;;;1-8(2,3)7-9(4,5)6/q3*+2;-6. The van der Waals surface area contributed by atoms with Gasteiger partial charge in [-0.05, 0) is 0 Å². The van der Waals surface area contributed by atoms with Crippen LogP contribution in [0.25, 0.3) is 0 Å². The summed E-state index contributed by atoms with van der Waals surface area (Å²) in [5.74, 6) is 0. The van der Waals surface area contributed by atoms with E-state index in [1.807, 2.05) is 0 Å². The summed E-state index contributed by atoms with van der Waals surface area (Å²) in [6.45, 7) is 0. The molecule has 12 heavy (non-hydrogen) atoms. The molecule has 0 spiro atoms. The van der Waals surface area contributed by atoms with Crippen molar-refractivity contribution in [3.63, 3.8) is 0 Å². The van der Waals surface area contributed by atoms with Crippen molar-refractivity contribution >= 4 is 113 Å². The molecule has 7 nitrogen and oxygen atoms in total. The van der Waals surface area contributed by atoms with Crippen LogP contribution in [0.1, 0.15) is 0 Å². The van der Waals surface area contributed by atoms with Crippen molar-refractivity contribution in [1.29, 1.82) is 0 Å². The summed E-state index contributed by atoms with van der Waals surface area (Å²) >= 11 is 0. The molecular weight excluding hydrogens is 354 g/mol. The van der Waals surface area contributed by atoms with Gasteiger partial charge in [0.05, 0.1) is 0 Å². The van der Waals surface area contributed by atoms with Gasteiger partial charge in [0.2, 0.25) is 0 Å². The van der Waals surface area contributed by atoms with Crippen LogP contribution in [0.2, 0.25) is 0 Å². The molecule has 0 atom stereocenters. The second-order valence-electron chi connectivity index (χ2n) is 1.10. The van der Waals surface area contributed by atoms with Crippen LogP contribution in [0.3, 0.4) is 0 Å². The third-order valence-corrected chi connectivity index (χ3v) is 2.25. The van der Waals surface area contributed by atoms with Gasteiger partial charge < -0.3 is 32.9 Å². The minimum atomic E-state index is -5.92. The van der Waals surface area contributed by atoms with Crippen LogP contribution in [0.15, 0.2) is 0 Å². The van der Waals surface area contributed by atoms with Gasteiger partial charge in [-0.1, -0.05) is 0 Å². The summed E-state index contributed by atoms with van der Waals surface area (Å²) in [4.78, 5) is 56.2. The molecule has 0 aromatic heterocycles. The Morgan fingerprint density at radius 2 is 0.833 bits per heavy atom. The van der Waals surface area contributed by atoms with E-state index in [2.05, 4.69) is 4.12 Å². The molecule has 0 saturated heterocycles. The average Bonchev–Trinajstić information content (AvgIpc) is 1.14. The molecule has 0 aliphatic rings. The Bertz CT molecular complexity index is 84.6. The second kappa shape index (κ2) is 9.48. The Kier molecular flexibility index (Phi) is 19.3. The Morgan fingerprint density at radius 3 is 0.833 bits per heavy atom. The van der Waals surface area contributed by atoms with E-state index < -0.39 is 18.1 Å². The van der Waals surface area contributed by atoms with Gasteiger partial charge in [-0.3, -0.25) is 0 Å². The van der Waals surface area contributed by atoms with E-state index in [9.17, 15) is 28.8 Å². The van der Waals surface area contributed by atoms with Crippen LogP contribution in [-0.4, -0.2) is 113 Å². The van der Waals surface area contributed by atoms with Crippen LogP contribution in [0.5, 0.6) is 0 Å². The molecule has 0 unspecified atom stereocenters. The summed E-state index contributed by atoms with van der Waals surface area (Å²) in [5.41, 5.74) is 0. The molecule has 56 valence electrons. The summed E-state index contributed by atoms with van der Waals surface area (Å²) in [6, 6.07) is 0. The maximum atomic E-state index is 9.36. The second-order valence-corrected chi connectivity index (χ2v) is 3.92. The molecule has 12 heteroatoms. The molecule has 0 aromatic rings. The molecule has 0 N–H and O–H groups in total. The van der Waals surface area contributed by atoms with Gasteiger partial charge in [0.15, 0.2) is 0 Å². The first-order valence-electron chi connectivity index (χ1n) is 1.63. The number of hydrogen-bond acceptors (Lipinski definition) is 7. The first kappa shape index (κ1) is 24.5. The monoisotopic (exact) mass is 354 g/mol. The maximum Gasteiger partial charge on any atom is 2.00 e. The largest absolute Gasteiger partial charge is 2.00 e. The van der Waals surface area contributed by atoms with E-state index in [4.69, 9.17) is 0 Å². The van der Waals surface area contributed by atoms with Gasteiger partial charge in [0, 0.05) is 0 Å². The SMILES string of the molecule is [Ba+2].[Mg+2].[Mg+2].[O-][Si]([O-])([O-])O[Si]([O-])([O-])[O-]. The van der Waals surface area contributed by atoms with Gasteiger partial charge in [0.25, 0.3) is 0 Å². The molecule has 0 aliphatic carbocycles. The zero-order valence-corrected chi connectivity index (χ0v) is 15.2. The van der Waals surface area contributed by atoms with E-state index in [0.29, 0.717) is 0 Å². The van der Waals surface area contributed by atoms with E-state index in [1.54, 1.807) is 0 Å². The van der Waals surface area contributed by atoms with Crippen LogP contribution in [0.4, 0.5) is 0 Å². The van der Waals surface area contributed by atoms with Crippen molar-refractivity contribution in [2.75, 3.05) is 0 Å². The van der Waals surface area contributed by atoms with E-state index >= 15 is 0 Å². The zero-order valence-electron chi connectivity index (χ0n) is 5.98. The van der Waals surface area contributed by atoms with E-state index in [1.165, 1.54) is 0 Å². The van der Waals surface area contributed by atoms with Crippen LogP contribution in [0, 0.1) is 0 Å². The Labute approximate surface area is 143 Å². The normalized spacial score (nSPS) is 10.5. The van der Waals surface area contributed by atoms with E-state index in [-0.39, 0.29) is 95.0 Å². The molecule has 0 amide bonds. The molecule has 0 rings (SSSR count). The molecular formula is BaMg2O7Si2. The summed E-state index contributed by atoms with van der Waals surface area (Å²) in [5, 5.41) is 0. The molecule has 0 heterocycles. The maximum absolute atomic E-state index is 9.36. The van der Waals surface area contributed by atoms with Crippen molar-refractivity contribution in [3.05, 3.63) is 0 Å². The van der Waals surface area contributed by atoms with Gasteiger partial charge in [0.1, 0.15) is 0 Å².